The van der Waals surface area contributed by atoms with Crippen LogP contribution in [0.1, 0.15) is 31.2 Å². The predicted octanol–water partition coefficient (Wildman–Crippen LogP) is 2.01. The summed E-state index contributed by atoms with van der Waals surface area (Å²) in [6.45, 7) is 0.763. The number of likely N-dealkylation sites (N-methyl/N-ethyl adjacent to an activating group) is 1. The molecule has 1 saturated carbocycles. The van der Waals surface area contributed by atoms with Crippen LogP contribution in [-0.2, 0) is 11.2 Å². The minimum atomic E-state index is -0.0980. The van der Waals surface area contributed by atoms with Crippen molar-refractivity contribution in [2.45, 2.75) is 43.7 Å². The van der Waals surface area contributed by atoms with Gasteiger partial charge in [0.25, 0.3) is 0 Å². The van der Waals surface area contributed by atoms with Gasteiger partial charge in [-0.15, -0.1) is 0 Å². The maximum Gasteiger partial charge on any atom is 0.242 e. The lowest BCUT2D eigenvalue weighted by Gasteiger charge is -2.47. The zero-order valence-electron chi connectivity index (χ0n) is 13.0. The number of hydrogen-bond donors (Lipinski definition) is 2. The van der Waals surface area contributed by atoms with Gasteiger partial charge < -0.3 is 15.5 Å². The zero-order chi connectivity index (χ0) is 14.9. The van der Waals surface area contributed by atoms with Crippen LogP contribution in [0.3, 0.4) is 0 Å². The molecule has 1 aromatic rings. The maximum absolute atomic E-state index is 12.4. The first-order valence-corrected chi connectivity index (χ1v) is 7.90. The summed E-state index contributed by atoms with van der Waals surface area (Å²) in [4.78, 5) is 14.7. The molecule has 0 saturated heterocycles. The third-order valence-electron chi connectivity index (χ3n) is 5.19. The van der Waals surface area contributed by atoms with Crippen molar-refractivity contribution in [1.29, 1.82) is 0 Å². The van der Waals surface area contributed by atoms with Gasteiger partial charge in [-0.2, -0.15) is 0 Å². The SMILES string of the molecule is CN(C)C1(CNC(=O)C2CCc3ccccc3N2)CCC1. The first kappa shape index (κ1) is 14.4. The summed E-state index contributed by atoms with van der Waals surface area (Å²) in [6.07, 6.45) is 5.48. The Balaban J connectivity index is 1.57. The number of carbonyl (C=O) groups excluding carboxylic acids is 1. The van der Waals surface area contributed by atoms with E-state index in [9.17, 15) is 4.79 Å². The lowest BCUT2D eigenvalue weighted by Crippen LogP contribution is -2.58. The van der Waals surface area contributed by atoms with Gasteiger partial charge in [0, 0.05) is 17.8 Å². The molecule has 4 nitrogen and oxygen atoms in total. The molecule has 1 unspecified atom stereocenters. The fourth-order valence-corrected chi connectivity index (χ4v) is 3.38. The van der Waals surface area contributed by atoms with Gasteiger partial charge in [-0.3, -0.25) is 4.79 Å². The average molecular weight is 287 g/mol. The molecule has 1 amide bonds. The highest BCUT2D eigenvalue weighted by Gasteiger charge is 2.39. The van der Waals surface area contributed by atoms with E-state index in [2.05, 4.69) is 47.8 Å². The predicted molar refractivity (Wildman–Crippen MR) is 85.5 cm³/mol. The van der Waals surface area contributed by atoms with E-state index in [0.29, 0.717) is 0 Å². The Kier molecular flexibility index (Phi) is 3.89. The molecule has 2 aliphatic rings. The van der Waals surface area contributed by atoms with Crippen molar-refractivity contribution in [2.75, 3.05) is 26.0 Å². The summed E-state index contributed by atoms with van der Waals surface area (Å²) >= 11 is 0. The number of carbonyl (C=O) groups is 1. The van der Waals surface area contributed by atoms with E-state index in [-0.39, 0.29) is 17.5 Å². The number of aryl methyl sites for hydroxylation is 1. The number of anilines is 1. The molecule has 1 heterocycles. The Bertz CT molecular complexity index is 523. The second-order valence-corrected chi connectivity index (χ2v) is 6.58. The highest BCUT2D eigenvalue weighted by Crippen LogP contribution is 2.35. The Morgan fingerprint density at radius 3 is 2.81 bits per heavy atom. The number of fused-ring (bicyclic) bond motifs is 1. The Morgan fingerprint density at radius 2 is 2.14 bits per heavy atom. The molecule has 1 aliphatic carbocycles. The summed E-state index contributed by atoms with van der Waals surface area (Å²) in [5.74, 6) is 0.137. The second kappa shape index (κ2) is 5.68. The van der Waals surface area contributed by atoms with Crippen LogP contribution in [0.5, 0.6) is 0 Å². The molecule has 0 bridgehead atoms. The molecule has 3 rings (SSSR count). The summed E-state index contributed by atoms with van der Waals surface area (Å²) in [5, 5.41) is 6.54. The standard InChI is InChI=1S/C17H25N3O/c1-20(2)17(10-5-11-17)12-18-16(21)15-9-8-13-6-3-4-7-14(13)19-15/h3-4,6-7,15,19H,5,8-12H2,1-2H3,(H,18,21). The minimum Gasteiger partial charge on any atom is -0.373 e. The fraction of sp³-hybridized carbons (Fsp3) is 0.588. The first-order chi connectivity index (χ1) is 10.1. The maximum atomic E-state index is 12.4. The number of nitrogens with one attached hydrogen (secondary N) is 2. The van der Waals surface area contributed by atoms with E-state index in [4.69, 9.17) is 0 Å². The fourth-order valence-electron chi connectivity index (χ4n) is 3.38. The van der Waals surface area contributed by atoms with Crippen LogP contribution in [-0.4, -0.2) is 43.0 Å². The van der Waals surface area contributed by atoms with Crippen LogP contribution in [0.25, 0.3) is 0 Å². The molecule has 4 heteroatoms. The van der Waals surface area contributed by atoms with Gasteiger partial charge in [0.05, 0.1) is 0 Å². The monoisotopic (exact) mass is 287 g/mol. The minimum absolute atomic E-state index is 0.0980. The Morgan fingerprint density at radius 1 is 1.38 bits per heavy atom. The van der Waals surface area contributed by atoms with Crippen LogP contribution in [0, 0.1) is 0 Å². The van der Waals surface area contributed by atoms with E-state index in [0.717, 1.165) is 25.1 Å². The molecule has 1 aromatic carbocycles. The van der Waals surface area contributed by atoms with Gasteiger partial charge >= 0.3 is 0 Å². The number of nitrogens with zero attached hydrogens (tertiary/aromatic N) is 1. The smallest absolute Gasteiger partial charge is 0.242 e. The third kappa shape index (κ3) is 2.77. The third-order valence-corrected chi connectivity index (χ3v) is 5.19. The topological polar surface area (TPSA) is 44.4 Å². The van der Waals surface area contributed by atoms with Crippen molar-refractivity contribution >= 4 is 11.6 Å². The van der Waals surface area contributed by atoms with Crippen molar-refractivity contribution in [1.82, 2.24) is 10.2 Å². The van der Waals surface area contributed by atoms with Gasteiger partial charge in [-0.1, -0.05) is 18.2 Å². The van der Waals surface area contributed by atoms with Crippen LogP contribution in [0.2, 0.25) is 0 Å². The van der Waals surface area contributed by atoms with E-state index in [1.54, 1.807) is 0 Å². The molecule has 0 aromatic heterocycles. The highest BCUT2D eigenvalue weighted by atomic mass is 16.2. The largest absolute Gasteiger partial charge is 0.373 e. The van der Waals surface area contributed by atoms with Crippen molar-refractivity contribution in [3.63, 3.8) is 0 Å². The zero-order valence-corrected chi connectivity index (χ0v) is 13.0. The van der Waals surface area contributed by atoms with Gasteiger partial charge in [0.15, 0.2) is 0 Å². The van der Waals surface area contributed by atoms with Gasteiger partial charge in [0.2, 0.25) is 5.91 Å². The van der Waals surface area contributed by atoms with Crippen molar-refractivity contribution < 1.29 is 4.79 Å². The molecular formula is C17H25N3O. The number of rotatable bonds is 4. The molecule has 0 radical (unpaired) electrons. The van der Waals surface area contributed by atoms with Gasteiger partial charge in [-0.05, 0) is 57.8 Å². The van der Waals surface area contributed by atoms with Crippen molar-refractivity contribution in [3.05, 3.63) is 29.8 Å². The van der Waals surface area contributed by atoms with Crippen LogP contribution in [0.15, 0.2) is 24.3 Å². The molecule has 1 atom stereocenters. The summed E-state index contributed by atoms with van der Waals surface area (Å²) < 4.78 is 0. The van der Waals surface area contributed by atoms with Crippen molar-refractivity contribution in [2.24, 2.45) is 0 Å². The summed E-state index contributed by atoms with van der Waals surface area (Å²) in [7, 11) is 4.22. The Hall–Kier alpha value is -1.55. The lowest BCUT2D eigenvalue weighted by atomic mass is 9.75. The molecule has 114 valence electrons. The molecule has 0 spiro atoms. The normalized spacial score (nSPS) is 22.9. The first-order valence-electron chi connectivity index (χ1n) is 7.90. The lowest BCUT2D eigenvalue weighted by molar-refractivity contribution is -0.123. The van der Waals surface area contributed by atoms with Gasteiger partial charge in [0.1, 0.15) is 6.04 Å². The molecule has 1 aliphatic heterocycles. The van der Waals surface area contributed by atoms with E-state index < -0.39 is 0 Å². The highest BCUT2D eigenvalue weighted by molar-refractivity contribution is 5.85. The van der Waals surface area contributed by atoms with Crippen molar-refractivity contribution in [3.8, 4) is 0 Å². The Labute approximate surface area is 126 Å². The van der Waals surface area contributed by atoms with Crippen LogP contribution >= 0.6 is 0 Å². The summed E-state index contributed by atoms with van der Waals surface area (Å²) in [5.41, 5.74) is 2.60. The van der Waals surface area contributed by atoms with E-state index in [1.165, 1.54) is 24.8 Å². The van der Waals surface area contributed by atoms with Crippen LogP contribution < -0.4 is 10.6 Å². The summed E-state index contributed by atoms with van der Waals surface area (Å²) in [6, 6.07) is 8.16. The molecule has 1 fully saturated rings. The van der Waals surface area contributed by atoms with E-state index in [1.807, 2.05) is 6.07 Å². The van der Waals surface area contributed by atoms with Crippen LogP contribution in [0.4, 0.5) is 5.69 Å². The van der Waals surface area contributed by atoms with Gasteiger partial charge in [-0.25, -0.2) is 0 Å². The molecule has 2 N–H and O–H groups in total. The average Bonchev–Trinajstić information content (AvgIpc) is 2.45. The number of amides is 1. The molecular weight excluding hydrogens is 262 g/mol. The number of hydrogen-bond acceptors (Lipinski definition) is 3. The number of benzene rings is 1. The quantitative estimate of drug-likeness (QED) is 0.890. The van der Waals surface area contributed by atoms with E-state index >= 15 is 0 Å². The second-order valence-electron chi connectivity index (χ2n) is 6.58. The number of para-hydroxylation sites is 1. The molecule has 21 heavy (non-hydrogen) atoms.